The van der Waals surface area contributed by atoms with E-state index in [9.17, 15) is 13.2 Å². The van der Waals surface area contributed by atoms with Crippen molar-refractivity contribution in [3.8, 4) is 0 Å². The summed E-state index contributed by atoms with van der Waals surface area (Å²) in [6.07, 6.45) is -4.34. The van der Waals surface area contributed by atoms with Gasteiger partial charge in [-0.15, -0.1) is 0 Å². The second kappa shape index (κ2) is 4.09. The van der Waals surface area contributed by atoms with Gasteiger partial charge >= 0.3 is 6.18 Å². The van der Waals surface area contributed by atoms with Crippen LogP contribution in [0.4, 0.5) is 13.2 Å². The molecule has 0 amide bonds. The van der Waals surface area contributed by atoms with Gasteiger partial charge in [-0.1, -0.05) is 18.2 Å². The van der Waals surface area contributed by atoms with Crippen LogP contribution in [0.3, 0.4) is 0 Å². The van der Waals surface area contributed by atoms with Gasteiger partial charge in [0, 0.05) is 6.42 Å². The molecule has 2 rings (SSSR count). The number of hydrogen-bond donors (Lipinski definition) is 1. The maximum atomic E-state index is 12.2. The van der Waals surface area contributed by atoms with Gasteiger partial charge in [0.15, 0.2) is 6.10 Å². The third-order valence-electron chi connectivity index (χ3n) is 3.03. The van der Waals surface area contributed by atoms with E-state index in [0.717, 1.165) is 30.4 Å². The third kappa shape index (κ3) is 2.21. The first kappa shape index (κ1) is 11.5. The van der Waals surface area contributed by atoms with Crippen LogP contribution in [0.5, 0.6) is 0 Å². The number of fused-ring (bicyclic) bond motifs is 1. The number of rotatable bonds is 2. The minimum atomic E-state index is -4.53. The predicted molar refractivity (Wildman–Crippen MR) is 54.2 cm³/mol. The summed E-state index contributed by atoms with van der Waals surface area (Å²) in [4.78, 5) is 0. The maximum absolute atomic E-state index is 12.2. The molecule has 0 radical (unpaired) electrons. The summed E-state index contributed by atoms with van der Waals surface area (Å²) in [5.74, 6) is 0. The molecule has 0 saturated heterocycles. The van der Waals surface area contributed by atoms with Gasteiger partial charge in [0.2, 0.25) is 0 Å². The van der Waals surface area contributed by atoms with Crippen LogP contribution in [-0.4, -0.2) is 17.4 Å². The van der Waals surface area contributed by atoms with Crippen molar-refractivity contribution in [1.82, 2.24) is 0 Å². The molecule has 1 aliphatic rings. The summed E-state index contributed by atoms with van der Waals surface area (Å²) < 4.78 is 36.7. The molecule has 1 unspecified atom stereocenters. The van der Waals surface area contributed by atoms with Gasteiger partial charge in [-0.3, -0.25) is 0 Å². The van der Waals surface area contributed by atoms with Gasteiger partial charge in [-0.05, 0) is 36.0 Å². The second-order valence-electron chi connectivity index (χ2n) is 4.17. The van der Waals surface area contributed by atoms with Crippen molar-refractivity contribution in [3.63, 3.8) is 0 Å². The zero-order valence-corrected chi connectivity index (χ0v) is 8.72. The van der Waals surface area contributed by atoms with Crippen LogP contribution in [0.25, 0.3) is 0 Å². The zero-order chi connectivity index (χ0) is 11.8. The highest BCUT2D eigenvalue weighted by atomic mass is 19.4. The van der Waals surface area contributed by atoms with Crippen LogP contribution >= 0.6 is 0 Å². The highest BCUT2D eigenvalue weighted by Gasteiger charge is 2.38. The van der Waals surface area contributed by atoms with Gasteiger partial charge in [-0.2, -0.15) is 13.2 Å². The molecule has 1 aromatic carbocycles. The quantitative estimate of drug-likeness (QED) is 0.828. The zero-order valence-electron chi connectivity index (χ0n) is 8.72. The Morgan fingerprint density at radius 1 is 1.25 bits per heavy atom. The van der Waals surface area contributed by atoms with E-state index in [1.54, 1.807) is 12.1 Å². The number of alkyl halides is 3. The van der Waals surface area contributed by atoms with Gasteiger partial charge in [0.05, 0.1) is 0 Å². The van der Waals surface area contributed by atoms with Crippen LogP contribution in [0.15, 0.2) is 18.2 Å². The molecule has 4 heteroatoms. The molecule has 0 fully saturated rings. The average Bonchev–Trinajstić information content (AvgIpc) is 2.65. The van der Waals surface area contributed by atoms with E-state index < -0.39 is 12.3 Å². The predicted octanol–water partition coefficient (Wildman–Crippen LogP) is 2.64. The Hall–Kier alpha value is -1.03. The SMILES string of the molecule is OC(Cc1cccc2c1CCC2)C(F)(F)F. The normalized spacial score (nSPS) is 17.2. The molecule has 1 aromatic rings. The fourth-order valence-corrected chi connectivity index (χ4v) is 2.21. The second-order valence-corrected chi connectivity index (χ2v) is 4.17. The maximum Gasteiger partial charge on any atom is 0.414 e. The lowest BCUT2D eigenvalue weighted by atomic mass is 9.98. The topological polar surface area (TPSA) is 20.2 Å². The molecule has 0 aromatic heterocycles. The summed E-state index contributed by atoms with van der Waals surface area (Å²) in [5, 5.41) is 9.05. The Morgan fingerprint density at radius 2 is 2.00 bits per heavy atom. The Balaban J connectivity index is 2.20. The Kier molecular flexibility index (Phi) is 2.93. The minimum absolute atomic E-state index is 0.327. The first-order chi connectivity index (χ1) is 7.48. The van der Waals surface area contributed by atoms with Crippen molar-refractivity contribution in [2.75, 3.05) is 0 Å². The van der Waals surface area contributed by atoms with Gasteiger partial charge in [0.1, 0.15) is 0 Å². The van der Waals surface area contributed by atoms with Crippen molar-refractivity contribution in [3.05, 3.63) is 34.9 Å². The summed E-state index contributed by atoms with van der Waals surface area (Å²) in [7, 11) is 0. The summed E-state index contributed by atoms with van der Waals surface area (Å²) >= 11 is 0. The van der Waals surface area contributed by atoms with Crippen LogP contribution < -0.4 is 0 Å². The lowest BCUT2D eigenvalue weighted by Gasteiger charge is -2.16. The smallest absolute Gasteiger partial charge is 0.383 e. The van der Waals surface area contributed by atoms with E-state index in [1.807, 2.05) is 6.07 Å². The molecule has 1 nitrogen and oxygen atoms in total. The minimum Gasteiger partial charge on any atom is -0.383 e. The van der Waals surface area contributed by atoms with Crippen LogP contribution in [-0.2, 0) is 19.3 Å². The first-order valence-electron chi connectivity index (χ1n) is 5.33. The number of aryl methyl sites for hydroxylation is 1. The fraction of sp³-hybridized carbons (Fsp3) is 0.500. The number of halogens is 3. The average molecular weight is 230 g/mol. The van der Waals surface area contributed by atoms with E-state index in [-0.39, 0.29) is 6.42 Å². The van der Waals surface area contributed by atoms with Gasteiger partial charge < -0.3 is 5.11 Å². The Morgan fingerprint density at radius 3 is 2.69 bits per heavy atom. The molecule has 0 spiro atoms. The molecule has 0 aliphatic heterocycles. The summed E-state index contributed by atoms with van der Waals surface area (Å²) in [6, 6.07) is 5.40. The van der Waals surface area contributed by atoms with Gasteiger partial charge in [-0.25, -0.2) is 0 Å². The van der Waals surface area contributed by atoms with E-state index in [0.29, 0.717) is 5.56 Å². The summed E-state index contributed by atoms with van der Waals surface area (Å²) in [6.45, 7) is 0. The van der Waals surface area contributed by atoms with E-state index in [2.05, 4.69) is 0 Å². The molecular formula is C12H13F3O. The number of aliphatic hydroxyl groups is 1. The Labute approximate surface area is 91.9 Å². The van der Waals surface area contributed by atoms with E-state index in [4.69, 9.17) is 5.11 Å². The van der Waals surface area contributed by atoms with E-state index >= 15 is 0 Å². The molecule has 1 aliphatic carbocycles. The van der Waals surface area contributed by atoms with Crippen molar-refractivity contribution in [2.24, 2.45) is 0 Å². The first-order valence-corrected chi connectivity index (χ1v) is 5.33. The monoisotopic (exact) mass is 230 g/mol. The lowest BCUT2D eigenvalue weighted by molar-refractivity contribution is -0.203. The largest absolute Gasteiger partial charge is 0.414 e. The van der Waals surface area contributed by atoms with Crippen molar-refractivity contribution >= 4 is 0 Å². The molecule has 88 valence electrons. The number of aliphatic hydroxyl groups excluding tert-OH is 1. The van der Waals surface area contributed by atoms with Crippen molar-refractivity contribution in [2.45, 2.75) is 38.0 Å². The number of benzene rings is 1. The van der Waals surface area contributed by atoms with Crippen molar-refractivity contribution < 1.29 is 18.3 Å². The highest BCUT2D eigenvalue weighted by molar-refractivity contribution is 5.38. The summed E-state index contributed by atoms with van der Waals surface area (Å²) in [5.41, 5.74) is 2.78. The van der Waals surface area contributed by atoms with Crippen LogP contribution in [0.2, 0.25) is 0 Å². The van der Waals surface area contributed by atoms with Crippen LogP contribution in [0.1, 0.15) is 23.1 Å². The van der Waals surface area contributed by atoms with Crippen LogP contribution in [0, 0.1) is 0 Å². The highest BCUT2D eigenvalue weighted by Crippen LogP contribution is 2.29. The molecule has 0 saturated carbocycles. The van der Waals surface area contributed by atoms with E-state index in [1.165, 1.54) is 0 Å². The number of hydrogen-bond acceptors (Lipinski definition) is 1. The third-order valence-corrected chi connectivity index (χ3v) is 3.03. The lowest BCUT2D eigenvalue weighted by Crippen LogP contribution is -2.30. The molecule has 16 heavy (non-hydrogen) atoms. The molecule has 0 heterocycles. The molecular weight excluding hydrogens is 217 g/mol. The molecule has 0 bridgehead atoms. The molecule has 1 N–H and O–H groups in total. The molecule has 1 atom stereocenters. The van der Waals surface area contributed by atoms with Crippen molar-refractivity contribution in [1.29, 1.82) is 0 Å². The van der Waals surface area contributed by atoms with Gasteiger partial charge in [0.25, 0.3) is 0 Å². The fourth-order valence-electron chi connectivity index (χ4n) is 2.21. The Bertz CT molecular complexity index is 384. The standard InChI is InChI=1S/C12H13F3O/c13-12(14,15)11(16)7-9-5-1-3-8-4-2-6-10(8)9/h1,3,5,11,16H,2,4,6-7H2.